The van der Waals surface area contributed by atoms with Gasteiger partial charge in [-0.05, 0) is 48.5 Å². The lowest BCUT2D eigenvalue weighted by Crippen LogP contribution is -2.28. The molecule has 1 atom stereocenters. The minimum Gasteiger partial charge on any atom is -0.465 e. The van der Waals surface area contributed by atoms with Crippen molar-refractivity contribution >= 4 is 27.3 Å². The molecule has 0 saturated carbocycles. The summed E-state index contributed by atoms with van der Waals surface area (Å²) in [6.07, 6.45) is 0.563. The van der Waals surface area contributed by atoms with Gasteiger partial charge in [0.15, 0.2) is 0 Å². The molecule has 1 aromatic carbocycles. The smallest absolute Gasteiger partial charge is 0.337 e. The molecule has 0 aliphatic rings. The summed E-state index contributed by atoms with van der Waals surface area (Å²) in [5.74, 6) is 0.136. The van der Waals surface area contributed by atoms with Gasteiger partial charge in [-0.25, -0.2) is 17.9 Å². The van der Waals surface area contributed by atoms with E-state index in [0.29, 0.717) is 10.6 Å². The minimum atomic E-state index is -3.82. The number of nitrogens with one attached hydrogen (secondary N) is 1. The number of ether oxygens (including phenoxy) is 1. The summed E-state index contributed by atoms with van der Waals surface area (Å²) in [6.45, 7) is -0.181. The molecule has 0 saturated heterocycles. The van der Waals surface area contributed by atoms with Crippen LogP contribution in [0.15, 0.2) is 64.1 Å². The molecule has 142 valence electrons. The first-order valence-corrected chi connectivity index (χ1v) is 10.2. The number of esters is 1. The van der Waals surface area contributed by atoms with Gasteiger partial charge in [0.25, 0.3) is 0 Å². The average molecular weight is 407 g/mol. The maximum absolute atomic E-state index is 12.4. The third-order valence-corrected chi connectivity index (χ3v) is 6.41. The van der Waals surface area contributed by atoms with Crippen LogP contribution in [0.5, 0.6) is 0 Å². The van der Waals surface area contributed by atoms with Crippen LogP contribution in [-0.4, -0.2) is 33.1 Å². The monoisotopic (exact) mass is 407 g/mol. The molecule has 1 unspecified atom stereocenters. The lowest BCUT2D eigenvalue weighted by Gasteiger charge is -2.11. The van der Waals surface area contributed by atoms with Crippen LogP contribution in [-0.2, 0) is 14.8 Å². The molecule has 0 spiro atoms. The molecule has 0 aliphatic heterocycles. The van der Waals surface area contributed by atoms with E-state index < -0.39 is 22.1 Å². The number of carbonyl (C=O) groups excluding carboxylic acids is 1. The lowest BCUT2D eigenvalue weighted by atomic mass is 10.2. The maximum atomic E-state index is 12.4. The molecule has 2 heterocycles. The number of hydrogen-bond acceptors (Lipinski definition) is 7. The van der Waals surface area contributed by atoms with Gasteiger partial charge in [0.1, 0.15) is 11.9 Å². The number of sulfonamides is 1. The molecule has 0 aliphatic carbocycles. The predicted octanol–water partition coefficient (Wildman–Crippen LogP) is 2.81. The number of rotatable bonds is 7. The van der Waals surface area contributed by atoms with Crippen LogP contribution in [0.4, 0.5) is 0 Å². The van der Waals surface area contributed by atoms with Crippen LogP contribution >= 0.6 is 11.3 Å². The van der Waals surface area contributed by atoms with E-state index in [9.17, 15) is 18.3 Å². The average Bonchev–Trinajstić information content (AvgIpc) is 3.37. The molecular formula is C18H17NO6S2. The summed E-state index contributed by atoms with van der Waals surface area (Å²) in [4.78, 5) is 12.9. The van der Waals surface area contributed by atoms with Crippen molar-refractivity contribution in [1.82, 2.24) is 4.72 Å². The number of aliphatic hydroxyl groups excluding tert-OH is 1. The highest BCUT2D eigenvalue weighted by Gasteiger charge is 2.19. The predicted molar refractivity (Wildman–Crippen MR) is 100.0 cm³/mol. The summed E-state index contributed by atoms with van der Waals surface area (Å²) in [7, 11) is -2.58. The number of furan rings is 1. The van der Waals surface area contributed by atoms with Crippen LogP contribution in [0.25, 0.3) is 10.6 Å². The van der Waals surface area contributed by atoms with Crippen molar-refractivity contribution in [1.29, 1.82) is 0 Å². The van der Waals surface area contributed by atoms with Gasteiger partial charge in [-0.1, -0.05) is 0 Å². The second-order valence-electron chi connectivity index (χ2n) is 5.56. The first-order valence-electron chi connectivity index (χ1n) is 7.90. The van der Waals surface area contributed by atoms with E-state index >= 15 is 0 Å². The molecule has 0 bridgehead atoms. The Bertz CT molecular complexity index is 1010. The molecule has 2 aromatic heterocycles. The lowest BCUT2D eigenvalue weighted by molar-refractivity contribution is 0.0600. The van der Waals surface area contributed by atoms with Crippen LogP contribution in [0.2, 0.25) is 0 Å². The quantitative estimate of drug-likeness (QED) is 0.584. The second-order valence-corrected chi connectivity index (χ2v) is 8.45. The highest BCUT2D eigenvalue weighted by Crippen LogP contribution is 2.31. The highest BCUT2D eigenvalue weighted by molar-refractivity contribution is 7.89. The zero-order valence-corrected chi connectivity index (χ0v) is 15.9. The summed E-state index contributed by atoms with van der Waals surface area (Å²) >= 11 is 1.32. The summed E-state index contributed by atoms with van der Waals surface area (Å²) in [5.41, 5.74) is 0.250. The van der Waals surface area contributed by atoms with Crippen molar-refractivity contribution in [2.75, 3.05) is 13.7 Å². The Morgan fingerprint density at radius 1 is 1.22 bits per heavy atom. The molecule has 0 fully saturated rings. The van der Waals surface area contributed by atoms with E-state index in [0.717, 1.165) is 4.88 Å². The number of methoxy groups -OCH3 is 1. The van der Waals surface area contributed by atoms with Crippen molar-refractivity contribution in [3.05, 3.63) is 65.2 Å². The molecule has 3 rings (SSSR count). The zero-order chi connectivity index (χ0) is 19.4. The summed E-state index contributed by atoms with van der Waals surface area (Å²) < 4.78 is 37.0. The van der Waals surface area contributed by atoms with Gasteiger partial charge in [-0.15, -0.1) is 11.3 Å². The number of carbonyl (C=O) groups is 1. The Balaban J connectivity index is 1.65. The van der Waals surface area contributed by atoms with E-state index in [2.05, 4.69) is 9.46 Å². The van der Waals surface area contributed by atoms with Crippen LogP contribution in [0.3, 0.4) is 0 Å². The van der Waals surface area contributed by atoms with E-state index in [1.807, 2.05) is 12.1 Å². The normalized spacial score (nSPS) is 12.7. The first-order chi connectivity index (χ1) is 12.9. The van der Waals surface area contributed by atoms with Crippen LogP contribution < -0.4 is 4.72 Å². The third-order valence-electron chi connectivity index (χ3n) is 3.77. The van der Waals surface area contributed by atoms with Gasteiger partial charge in [-0.3, -0.25) is 0 Å². The van der Waals surface area contributed by atoms with Crippen molar-refractivity contribution in [2.45, 2.75) is 11.0 Å². The van der Waals surface area contributed by atoms with E-state index in [-0.39, 0.29) is 17.0 Å². The van der Waals surface area contributed by atoms with Crippen LogP contribution in [0.1, 0.15) is 21.3 Å². The Kier molecular flexibility index (Phi) is 5.76. The van der Waals surface area contributed by atoms with Gasteiger partial charge in [0.2, 0.25) is 10.0 Å². The fourth-order valence-electron chi connectivity index (χ4n) is 2.34. The Morgan fingerprint density at radius 3 is 2.59 bits per heavy atom. The van der Waals surface area contributed by atoms with Crippen molar-refractivity contribution < 1.29 is 27.5 Å². The molecule has 27 heavy (non-hydrogen) atoms. The first kappa shape index (κ1) is 19.3. The second kappa shape index (κ2) is 8.05. The Morgan fingerprint density at radius 2 is 1.96 bits per heavy atom. The van der Waals surface area contributed by atoms with Crippen LogP contribution in [0, 0.1) is 0 Å². The topological polar surface area (TPSA) is 106 Å². The molecule has 0 amide bonds. The third kappa shape index (κ3) is 4.45. The molecule has 3 aromatic rings. The SMILES string of the molecule is COC(=O)c1ccc(S(=O)(=O)NCC(O)c2ccc(-c3ccco3)s2)cc1. The standard InChI is InChI=1S/C18H17NO6S2/c1-24-18(21)12-4-6-13(7-5-12)27(22,23)19-11-14(20)16-8-9-17(26-16)15-3-2-10-25-15/h2-10,14,19-20H,11H2,1H3. The van der Waals surface area contributed by atoms with Gasteiger partial charge in [-0.2, -0.15) is 0 Å². The molecule has 0 radical (unpaired) electrons. The highest BCUT2D eigenvalue weighted by atomic mass is 32.2. The van der Waals surface area contributed by atoms with Gasteiger partial charge in [0, 0.05) is 11.4 Å². The van der Waals surface area contributed by atoms with E-state index in [1.165, 1.54) is 42.7 Å². The Hall–Kier alpha value is -2.46. The van der Waals surface area contributed by atoms with Crippen molar-refractivity contribution in [3.63, 3.8) is 0 Å². The number of benzene rings is 1. The largest absolute Gasteiger partial charge is 0.465 e. The molecule has 7 nitrogen and oxygen atoms in total. The number of hydrogen-bond donors (Lipinski definition) is 2. The molecule has 9 heteroatoms. The number of thiophene rings is 1. The maximum Gasteiger partial charge on any atom is 0.337 e. The van der Waals surface area contributed by atoms with Crippen molar-refractivity contribution in [3.8, 4) is 10.6 Å². The fourth-order valence-corrected chi connectivity index (χ4v) is 4.34. The molecular weight excluding hydrogens is 390 g/mol. The number of aliphatic hydroxyl groups is 1. The fraction of sp³-hybridized carbons (Fsp3) is 0.167. The zero-order valence-electron chi connectivity index (χ0n) is 14.3. The van der Waals surface area contributed by atoms with Gasteiger partial charge >= 0.3 is 5.97 Å². The van der Waals surface area contributed by atoms with E-state index in [1.54, 1.807) is 18.4 Å². The molecule has 2 N–H and O–H groups in total. The van der Waals surface area contributed by atoms with Gasteiger partial charge in [0.05, 0.1) is 28.7 Å². The Labute approximate surface area is 160 Å². The van der Waals surface area contributed by atoms with Gasteiger partial charge < -0.3 is 14.3 Å². The summed E-state index contributed by atoms with van der Waals surface area (Å²) in [6, 6.07) is 12.5. The van der Waals surface area contributed by atoms with E-state index in [4.69, 9.17) is 4.42 Å². The van der Waals surface area contributed by atoms with Crippen molar-refractivity contribution in [2.24, 2.45) is 0 Å². The summed E-state index contributed by atoms with van der Waals surface area (Å²) in [5, 5.41) is 10.3. The minimum absolute atomic E-state index is 0.00944.